The molecule has 1 fully saturated rings. The molecule has 5 heteroatoms. The quantitative estimate of drug-likeness (QED) is 0.922. The smallest absolute Gasteiger partial charge is 0.250 e. The molecule has 0 spiro atoms. The monoisotopic (exact) mass is 296 g/mol. The zero-order valence-electron chi connectivity index (χ0n) is 11.9. The van der Waals surface area contributed by atoms with E-state index in [1.807, 2.05) is 18.2 Å². The Hall–Kier alpha value is -1.10. The Morgan fingerprint density at radius 2 is 2.40 bits per heavy atom. The van der Waals surface area contributed by atoms with Crippen LogP contribution in [0.25, 0.3) is 0 Å². The molecule has 1 aromatic rings. The molecule has 2 atom stereocenters. The van der Waals surface area contributed by atoms with Gasteiger partial charge in [0.2, 0.25) is 5.91 Å². The number of amides is 1. The van der Waals surface area contributed by atoms with Gasteiger partial charge in [0.15, 0.2) is 0 Å². The summed E-state index contributed by atoms with van der Waals surface area (Å²) in [5.74, 6) is 0.322. The first-order valence-electron chi connectivity index (χ1n) is 6.91. The number of nitrogens with zero attached hydrogens (tertiary/aromatic N) is 1. The van der Waals surface area contributed by atoms with Crippen LogP contribution in [0.4, 0.5) is 0 Å². The van der Waals surface area contributed by atoms with Crippen molar-refractivity contribution in [3.8, 4) is 0 Å². The Morgan fingerprint density at radius 1 is 1.60 bits per heavy atom. The number of hydrogen-bond acceptors (Lipinski definition) is 3. The molecule has 0 saturated carbocycles. The second kappa shape index (κ2) is 7.07. The molecule has 20 heavy (non-hydrogen) atoms. The second-order valence-electron chi connectivity index (χ2n) is 5.19. The van der Waals surface area contributed by atoms with E-state index in [1.165, 1.54) is 5.56 Å². The van der Waals surface area contributed by atoms with Gasteiger partial charge >= 0.3 is 0 Å². The molecule has 1 aromatic carbocycles. The van der Waals surface area contributed by atoms with Crippen LogP contribution in [0.5, 0.6) is 0 Å². The number of carbonyl (C=O) groups excluding carboxylic acids is 1. The highest BCUT2D eigenvalue weighted by atomic mass is 35.5. The topological polar surface area (TPSA) is 41.6 Å². The summed E-state index contributed by atoms with van der Waals surface area (Å²) in [6.45, 7) is 5.18. The summed E-state index contributed by atoms with van der Waals surface area (Å²) in [4.78, 5) is 13.9. The normalized spacial score (nSPS) is 21.4. The number of ether oxygens (including phenoxy) is 1. The second-order valence-corrected chi connectivity index (χ2v) is 5.63. The van der Waals surface area contributed by atoms with Gasteiger partial charge in [0.05, 0.1) is 6.61 Å². The van der Waals surface area contributed by atoms with E-state index >= 15 is 0 Å². The Balaban J connectivity index is 1.94. The van der Waals surface area contributed by atoms with E-state index in [1.54, 1.807) is 7.05 Å². The summed E-state index contributed by atoms with van der Waals surface area (Å²) in [6, 6.07) is 7.95. The van der Waals surface area contributed by atoms with Crippen molar-refractivity contribution in [2.75, 3.05) is 33.3 Å². The van der Waals surface area contributed by atoms with Crippen molar-refractivity contribution in [1.29, 1.82) is 0 Å². The standard InChI is InChI=1S/C15H21ClN2O2/c1-11(12-4-3-5-13(16)8-12)9-18-6-7-20-14(10-18)15(19)17-2/h3-5,8,11,14H,6-7,9-10H2,1-2H3,(H,17,19)/t11-,14+/m0/s1. The van der Waals surface area contributed by atoms with Gasteiger partial charge in [-0.25, -0.2) is 0 Å². The van der Waals surface area contributed by atoms with E-state index in [2.05, 4.69) is 23.2 Å². The fraction of sp³-hybridized carbons (Fsp3) is 0.533. The number of carbonyl (C=O) groups is 1. The molecule has 0 radical (unpaired) electrons. The van der Waals surface area contributed by atoms with Crippen LogP contribution in [-0.4, -0.2) is 50.2 Å². The van der Waals surface area contributed by atoms with Gasteiger partial charge in [-0.05, 0) is 23.6 Å². The first-order chi connectivity index (χ1) is 9.60. The van der Waals surface area contributed by atoms with Crippen LogP contribution < -0.4 is 5.32 Å². The Kier molecular flexibility index (Phi) is 5.40. The van der Waals surface area contributed by atoms with E-state index in [0.29, 0.717) is 19.1 Å². The molecule has 0 unspecified atom stereocenters. The highest BCUT2D eigenvalue weighted by molar-refractivity contribution is 6.30. The van der Waals surface area contributed by atoms with Gasteiger partial charge in [0.25, 0.3) is 0 Å². The predicted octanol–water partition coefficient (Wildman–Crippen LogP) is 1.89. The maximum atomic E-state index is 11.6. The lowest BCUT2D eigenvalue weighted by Crippen LogP contribution is -2.49. The Morgan fingerprint density at radius 3 is 3.10 bits per heavy atom. The SMILES string of the molecule is CNC(=O)[C@H]1CN(C[C@H](C)c2cccc(Cl)c2)CCO1. The number of benzene rings is 1. The van der Waals surface area contributed by atoms with E-state index in [9.17, 15) is 4.79 Å². The van der Waals surface area contributed by atoms with E-state index in [0.717, 1.165) is 18.1 Å². The number of hydrogen-bond donors (Lipinski definition) is 1. The number of halogens is 1. The van der Waals surface area contributed by atoms with Crippen molar-refractivity contribution in [2.45, 2.75) is 18.9 Å². The molecule has 0 bridgehead atoms. The molecular formula is C15H21ClN2O2. The van der Waals surface area contributed by atoms with E-state index in [-0.39, 0.29) is 12.0 Å². The van der Waals surface area contributed by atoms with Gasteiger partial charge < -0.3 is 10.1 Å². The minimum Gasteiger partial charge on any atom is -0.366 e. The Bertz CT molecular complexity index is 467. The average Bonchev–Trinajstić information content (AvgIpc) is 2.46. The molecule has 1 heterocycles. The van der Waals surface area contributed by atoms with Crippen molar-refractivity contribution in [3.63, 3.8) is 0 Å². The molecule has 1 saturated heterocycles. The zero-order valence-corrected chi connectivity index (χ0v) is 12.7. The summed E-state index contributed by atoms with van der Waals surface area (Å²) >= 11 is 6.03. The van der Waals surface area contributed by atoms with Gasteiger partial charge in [-0.1, -0.05) is 30.7 Å². The lowest BCUT2D eigenvalue weighted by Gasteiger charge is -2.33. The molecule has 4 nitrogen and oxygen atoms in total. The van der Waals surface area contributed by atoms with Crippen molar-refractivity contribution >= 4 is 17.5 Å². The van der Waals surface area contributed by atoms with Gasteiger partial charge in [-0.3, -0.25) is 9.69 Å². The fourth-order valence-corrected chi connectivity index (χ4v) is 2.69. The van der Waals surface area contributed by atoms with Crippen molar-refractivity contribution in [2.24, 2.45) is 0 Å². The third-order valence-electron chi connectivity index (χ3n) is 3.64. The fourth-order valence-electron chi connectivity index (χ4n) is 2.49. The molecule has 0 aliphatic carbocycles. The first kappa shape index (κ1) is 15.3. The summed E-state index contributed by atoms with van der Waals surface area (Å²) in [5.41, 5.74) is 1.22. The van der Waals surface area contributed by atoms with Gasteiger partial charge in [0, 0.05) is 31.7 Å². The predicted molar refractivity (Wildman–Crippen MR) is 80.1 cm³/mol. The third kappa shape index (κ3) is 3.95. The molecule has 1 aliphatic heterocycles. The largest absolute Gasteiger partial charge is 0.366 e. The molecule has 1 aliphatic rings. The van der Waals surface area contributed by atoms with Crippen LogP contribution in [0.15, 0.2) is 24.3 Å². The lowest BCUT2D eigenvalue weighted by molar-refractivity contribution is -0.138. The minimum atomic E-state index is -0.361. The van der Waals surface area contributed by atoms with Crippen molar-refractivity contribution in [1.82, 2.24) is 10.2 Å². The average molecular weight is 297 g/mol. The molecule has 110 valence electrons. The summed E-state index contributed by atoms with van der Waals surface area (Å²) < 4.78 is 5.49. The van der Waals surface area contributed by atoms with Crippen LogP contribution >= 0.6 is 11.6 Å². The lowest BCUT2D eigenvalue weighted by atomic mass is 10.0. The van der Waals surface area contributed by atoms with Gasteiger partial charge in [-0.15, -0.1) is 0 Å². The molecule has 1 N–H and O–H groups in total. The molecular weight excluding hydrogens is 276 g/mol. The third-order valence-corrected chi connectivity index (χ3v) is 3.87. The number of rotatable bonds is 4. The van der Waals surface area contributed by atoms with Crippen molar-refractivity contribution in [3.05, 3.63) is 34.9 Å². The maximum absolute atomic E-state index is 11.6. The number of morpholine rings is 1. The number of nitrogens with one attached hydrogen (secondary N) is 1. The van der Waals surface area contributed by atoms with Crippen LogP contribution in [0.1, 0.15) is 18.4 Å². The van der Waals surface area contributed by atoms with Crippen LogP contribution in [0, 0.1) is 0 Å². The first-order valence-corrected chi connectivity index (χ1v) is 7.29. The molecule has 2 rings (SSSR count). The van der Waals surface area contributed by atoms with E-state index in [4.69, 9.17) is 16.3 Å². The summed E-state index contributed by atoms with van der Waals surface area (Å²) in [5, 5.41) is 3.40. The summed E-state index contributed by atoms with van der Waals surface area (Å²) in [7, 11) is 1.64. The van der Waals surface area contributed by atoms with Crippen molar-refractivity contribution < 1.29 is 9.53 Å². The molecule has 0 aromatic heterocycles. The zero-order chi connectivity index (χ0) is 14.5. The summed E-state index contributed by atoms with van der Waals surface area (Å²) in [6.07, 6.45) is -0.361. The minimum absolute atomic E-state index is 0.0508. The number of likely N-dealkylation sites (N-methyl/N-ethyl adjacent to an activating group) is 1. The highest BCUT2D eigenvalue weighted by Crippen LogP contribution is 2.21. The van der Waals surface area contributed by atoms with Gasteiger partial charge in [-0.2, -0.15) is 0 Å². The van der Waals surface area contributed by atoms with Crippen LogP contribution in [-0.2, 0) is 9.53 Å². The molecule has 1 amide bonds. The van der Waals surface area contributed by atoms with Gasteiger partial charge in [0.1, 0.15) is 6.10 Å². The van der Waals surface area contributed by atoms with Crippen LogP contribution in [0.3, 0.4) is 0 Å². The highest BCUT2D eigenvalue weighted by Gasteiger charge is 2.26. The maximum Gasteiger partial charge on any atom is 0.250 e. The Labute approximate surface area is 125 Å². The van der Waals surface area contributed by atoms with Crippen LogP contribution in [0.2, 0.25) is 5.02 Å². The van der Waals surface area contributed by atoms with E-state index < -0.39 is 0 Å².